The van der Waals surface area contributed by atoms with Crippen LogP contribution in [0.4, 0.5) is 4.39 Å². The fourth-order valence-corrected chi connectivity index (χ4v) is 5.39. The Balaban J connectivity index is 1.23. The van der Waals surface area contributed by atoms with Gasteiger partial charge in [0.1, 0.15) is 18.2 Å². The van der Waals surface area contributed by atoms with Crippen LogP contribution in [0.25, 0.3) is 0 Å². The average molecular weight is 410 g/mol. The summed E-state index contributed by atoms with van der Waals surface area (Å²) in [6.45, 7) is 5.34. The molecule has 162 valence electrons. The number of nitrogens with zero attached hydrogens (tertiary/aromatic N) is 2. The van der Waals surface area contributed by atoms with Gasteiger partial charge in [0.05, 0.1) is 30.4 Å². The highest BCUT2D eigenvalue weighted by Gasteiger charge is 2.42. The van der Waals surface area contributed by atoms with Crippen LogP contribution in [0.3, 0.4) is 0 Å². The van der Waals surface area contributed by atoms with Crippen molar-refractivity contribution >= 4 is 5.91 Å². The number of ether oxygens (including phenoxy) is 1. The third-order valence-electron chi connectivity index (χ3n) is 6.99. The lowest BCUT2D eigenvalue weighted by Gasteiger charge is -2.47. The number of fused-ring (bicyclic) bond motifs is 4. The molecule has 0 aromatic rings. The van der Waals surface area contributed by atoms with E-state index in [1.54, 1.807) is 5.01 Å². The summed E-state index contributed by atoms with van der Waals surface area (Å²) in [5.74, 6) is 0.702. The van der Waals surface area contributed by atoms with Gasteiger partial charge in [0.25, 0.3) is 5.91 Å². The zero-order chi connectivity index (χ0) is 20.0. The number of hydrogen-bond acceptors (Lipinski definition) is 8. The van der Waals surface area contributed by atoms with Gasteiger partial charge < -0.3 is 31.4 Å². The Bertz CT molecular complexity index is 669. The maximum Gasteiger partial charge on any atom is 0.254 e. The van der Waals surface area contributed by atoms with Crippen molar-refractivity contribution in [2.24, 2.45) is 11.7 Å². The fourth-order valence-electron chi connectivity index (χ4n) is 5.39. The second-order valence-corrected chi connectivity index (χ2v) is 8.92. The zero-order valence-corrected chi connectivity index (χ0v) is 16.7. The molecule has 6 aliphatic rings. The molecule has 1 amide bonds. The first-order chi connectivity index (χ1) is 14.1. The number of rotatable bonds is 4. The predicted octanol–water partition coefficient (Wildman–Crippen LogP) is -1.80. The highest BCUT2D eigenvalue weighted by atomic mass is 19.1. The minimum Gasteiger partial charge on any atom is -0.384 e. The number of carbonyl (C=O) groups is 1. The number of nitrogens with two attached hydrogens (primary N) is 1. The van der Waals surface area contributed by atoms with Crippen molar-refractivity contribution in [2.75, 3.05) is 45.8 Å². The summed E-state index contributed by atoms with van der Waals surface area (Å²) < 4.78 is 20.2. The number of hydrogen-bond donors (Lipinski definition) is 5. The Morgan fingerprint density at radius 2 is 2.00 bits per heavy atom. The molecule has 5 fully saturated rings. The molecule has 0 spiro atoms. The van der Waals surface area contributed by atoms with Gasteiger partial charge in [0.15, 0.2) is 0 Å². The third kappa shape index (κ3) is 3.84. The molecule has 5 atom stereocenters. The molecular formula is C19H32FN7O2. The summed E-state index contributed by atoms with van der Waals surface area (Å²) in [6.07, 6.45) is 2.15. The Morgan fingerprint density at radius 1 is 1.17 bits per heavy atom. The van der Waals surface area contributed by atoms with E-state index in [1.807, 2.05) is 0 Å². The molecule has 6 heterocycles. The van der Waals surface area contributed by atoms with Gasteiger partial charge in [0, 0.05) is 19.6 Å². The highest BCUT2D eigenvalue weighted by molar-refractivity contribution is 5.96. The van der Waals surface area contributed by atoms with Crippen LogP contribution >= 0.6 is 0 Å². The number of halogens is 1. The highest BCUT2D eigenvalue weighted by Crippen LogP contribution is 2.31. The van der Waals surface area contributed by atoms with Crippen LogP contribution in [0.5, 0.6) is 0 Å². The van der Waals surface area contributed by atoms with Crippen molar-refractivity contribution in [1.82, 2.24) is 31.3 Å². The van der Waals surface area contributed by atoms with Crippen molar-refractivity contribution in [3.63, 3.8) is 0 Å². The minimum atomic E-state index is -0.990. The fraction of sp³-hybridized carbons (Fsp3) is 0.842. The summed E-state index contributed by atoms with van der Waals surface area (Å²) in [7, 11) is 0. The van der Waals surface area contributed by atoms with Crippen LogP contribution in [0.2, 0.25) is 0 Å². The van der Waals surface area contributed by atoms with E-state index < -0.39 is 12.3 Å². The summed E-state index contributed by atoms with van der Waals surface area (Å²) in [5, 5.41) is 11.2. The van der Waals surface area contributed by atoms with Crippen LogP contribution in [-0.4, -0.2) is 92.2 Å². The van der Waals surface area contributed by atoms with Gasteiger partial charge in [-0.1, -0.05) is 0 Å². The van der Waals surface area contributed by atoms with Crippen molar-refractivity contribution in [3.05, 3.63) is 11.4 Å². The molecule has 29 heavy (non-hydrogen) atoms. The monoisotopic (exact) mass is 409 g/mol. The number of carbonyl (C=O) groups excluding carboxylic acids is 1. The van der Waals surface area contributed by atoms with E-state index in [2.05, 4.69) is 26.3 Å². The van der Waals surface area contributed by atoms with Gasteiger partial charge in [0.2, 0.25) is 0 Å². The Kier molecular flexibility index (Phi) is 5.37. The van der Waals surface area contributed by atoms with E-state index in [-0.39, 0.29) is 43.1 Å². The molecule has 10 heteroatoms. The molecule has 0 radical (unpaired) electrons. The van der Waals surface area contributed by atoms with E-state index in [9.17, 15) is 9.18 Å². The number of nitrogens with one attached hydrogen (secondary N) is 4. The molecule has 5 saturated heterocycles. The van der Waals surface area contributed by atoms with Gasteiger partial charge in [-0.15, -0.1) is 0 Å². The van der Waals surface area contributed by atoms with Crippen molar-refractivity contribution in [3.8, 4) is 0 Å². The summed E-state index contributed by atoms with van der Waals surface area (Å²) in [5.41, 5.74) is 9.43. The maximum absolute atomic E-state index is 13.7. The van der Waals surface area contributed by atoms with E-state index >= 15 is 0 Å². The largest absolute Gasteiger partial charge is 0.384 e. The van der Waals surface area contributed by atoms with E-state index in [4.69, 9.17) is 10.5 Å². The van der Waals surface area contributed by atoms with Crippen molar-refractivity contribution in [2.45, 2.75) is 49.8 Å². The number of piperidine rings is 4. The lowest BCUT2D eigenvalue weighted by Crippen LogP contribution is -2.61. The molecule has 9 nitrogen and oxygen atoms in total. The second-order valence-electron chi connectivity index (χ2n) is 8.92. The van der Waals surface area contributed by atoms with E-state index in [0.717, 1.165) is 19.5 Å². The van der Waals surface area contributed by atoms with Gasteiger partial charge in [-0.3, -0.25) is 10.1 Å². The van der Waals surface area contributed by atoms with Crippen LogP contribution in [-0.2, 0) is 9.53 Å². The van der Waals surface area contributed by atoms with Crippen LogP contribution in [0.15, 0.2) is 11.4 Å². The molecule has 6 rings (SSSR count). The van der Waals surface area contributed by atoms with Gasteiger partial charge >= 0.3 is 0 Å². The Labute approximate surface area is 170 Å². The van der Waals surface area contributed by atoms with Gasteiger partial charge in [-0.2, -0.15) is 5.01 Å². The summed E-state index contributed by atoms with van der Waals surface area (Å²) in [6, 6.07) is -0.112. The maximum atomic E-state index is 13.7. The van der Waals surface area contributed by atoms with Crippen LogP contribution in [0.1, 0.15) is 19.3 Å². The standard InChI is InChI=1S/C19H32FN7O2/c20-12-7-23-18-16(17(21)25-27(18)9-12)19(28)24-13-8-22-4-1-14(13)29-15-10-26-5-2-11(15)3-6-26/h11-15,18,22-23,25H,1-10,21H2,(H,24,28). The predicted molar refractivity (Wildman–Crippen MR) is 105 cm³/mol. The topological polar surface area (TPSA) is 107 Å². The molecule has 2 bridgehead atoms. The molecule has 0 aromatic heterocycles. The Morgan fingerprint density at radius 3 is 2.76 bits per heavy atom. The number of alkyl halides is 1. The lowest BCUT2D eigenvalue weighted by molar-refractivity contribution is -0.129. The molecule has 0 saturated carbocycles. The zero-order valence-electron chi connectivity index (χ0n) is 16.7. The smallest absolute Gasteiger partial charge is 0.254 e. The first-order valence-electron chi connectivity index (χ1n) is 10.9. The van der Waals surface area contributed by atoms with E-state index in [0.29, 0.717) is 18.0 Å². The average Bonchev–Trinajstić information content (AvgIpc) is 3.05. The summed E-state index contributed by atoms with van der Waals surface area (Å²) >= 11 is 0. The van der Waals surface area contributed by atoms with Crippen molar-refractivity contribution < 1.29 is 13.9 Å². The summed E-state index contributed by atoms with van der Waals surface area (Å²) in [4.78, 5) is 15.6. The second kappa shape index (κ2) is 7.99. The molecule has 6 aliphatic heterocycles. The molecule has 5 unspecified atom stereocenters. The van der Waals surface area contributed by atoms with Gasteiger partial charge in [-0.25, -0.2) is 4.39 Å². The van der Waals surface area contributed by atoms with Crippen LogP contribution < -0.4 is 27.1 Å². The first-order valence-corrected chi connectivity index (χ1v) is 10.9. The molecule has 0 aromatic carbocycles. The molecule has 0 aliphatic carbocycles. The SMILES string of the molecule is NC1=C(C(=O)NC2CNCCC2OC2CN3CCC2CC3)C2NCC(F)CN2N1. The van der Waals surface area contributed by atoms with E-state index in [1.165, 1.54) is 25.9 Å². The molecular weight excluding hydrogens is 377 g/mol. The normalized spacial score (nSPS) is 42.4. The number of hydrazine groups is 1. The first kappa shape index (κ1) is 19.5. The number of amides is 1. The molecule has 6 N–H and O–H groups in total. The minimum absolute atomic E-state index is 0.00687. The quantitative estimate of drug-likeness (QED) is 0.370. The third-order valence-corrected chi connectivity index (χ3v) is 6.99. The van der Waals surface area contributed by atoms with Crippen molar-refractivity contribution in [1.29, 1.82) is 0 Å². The lowest BCUT2D eigenvalue weighted by atomic mass is 9.85. The van der Waals surface area contributed by atoms with Crippen LogP contribution in [0, 0.1) is 5.92 Å². The van der Waals surface area contributed by atoms with Gasteiger partial charge in [-0.05, 0) is 44.8 Å². The Hall–Kier alpha value is -1.46.